The van der Waals surface area contributed by atoms with Gasteiger partial charge in [0.25, 0.3) is 11.8 Å². The number of nitrogens with two attached hydrogens (primary N) is 3. The molecule has 1 unspecified atom stereocenters. The molecule has 0 bridgehead atoms. The highest BCUT2D eigenvalue weighted by Gasteiger charge is 2.54. The molecule has 1 heterocycles. The number of piperazine rings is 1. The van der Waals surface area contributed by atoms with Crippen molar-refractivity contribution < 1.29 is 29.1 Å². The molecule has 7 N–H and O–H groups in total. The number of halogens is 1. The number of carbonyl (C=O) groups is 4. The number of aliphatic imine (C=N–C) groups is 2. The Hall–Kier alpha value is -3.18. The zero-order chi connectivity index (χ0) is 24.1. The van der Waals surface area contributed by atoms with Gasteiger partial charge in [-0.3, -0.25) is 24.2 Å². The van der Waals surface area contributed by atoms with E-state index in [1.165, 1.54) is 13.0 Å². The van der Waals surface area contributed by atoms with Crippen LogP contribution in [0.25, 0.3) is 0 Å². The summed E-state index contributed by atoms with van der Waals surface area (Å²) in [6.07, 6.45) is 3.96. The summed E-state index contributed by atoms with van der Waals surface area (Å²) in [4.78, 5) is 70.3. The van der Waals surface area contributed by atoms with Crippen molar-refractivity contribution in [2.24, 2.45) is 39.0 Å². The molecule has 1 aliphatic heterocycles. The maximum absolute atomic E-state index is 13.4. The number of guanidine groups is 1. The molecule has 13 nitrogen and oxygen atoms in total. The van der Waals surface area contributed by atoms with Crippen LogP contribution >= 0.6 is 12.4 Å². The number of aliphatic carboxylic acids is 1. The molecule has 2 fully saturated rings. The maximum Gasteiger partial charge on any atom is 0.323 e. The summed E-state index contributed by atoms with van der Waals surface area (Å²) >= 11 is 0. The van der Waals surface area contributed by atoms with Crippen LogP contribution in [0.15, 0.2) is 9.98 Å². The van der Waals surface area contributed by atoms with E-state index >= 15 is 0 Å². The lowest BCUT2D eigenvalue weighted by Gasteiger charge is -2.46. The van der Waals surface area contributed by atoms with Crippen molar-refractivity contribution in [3.8, 4) is 0 Å². The Bertz CT molecular complexity index is 850. The number of amides is 3. The zero-order valence-corrected chi connectivity index (χ0v) is 19.1. The van der Waals surface area contributed by atoms with Crippen LogP contribution < -0.4 is 17.2 Å². The van der Waals surface area contributed by atoms with Gasteiger partial charge in [0.2, 0.25) is 12.0 Å². The van der Waals surface area contributed by atoms with E-state index in [4.69, 9.17) is 22.3 Å². The van der Waals surface area contributed by atoms with Crippen LogP contribution in [0.3, 0.4) is 0 Å². The van der Waals surface area contributed by atoms with E-state index in [1.54, 1.807) is 0 Å². The van der Waals surface area contributed by atoms with Gasteiger partial charge in [-0.25, -0.2) is 4.79 Å². The summed E-state index contributed by atoms with van der Waals surface area (Å²) in [5, 5.41) is 9.02. The Balaban J connectivity index is 0.00000544. The minimum atomic E-state index is -2.09. The molecule has 2 atom stereocenters. The number of nitrogens with zero attached hydrogens (tertiary/aromatic N) is 4. The van der Waals surface area contributed by atoms with Crippen molar-refractivity contribution >= 4 is 48.1 Å². The zero-order valence-electron chi connectivity index (χ0n) is 18.3. The molecule has 33 heavy (non-hydrogen) atoms. The Labute approximate surface area is 196 Å². The van der Waals surface area contributed by atoms with E-state index in [0.717, 1.165) is 9.80 Å². The first-order valence-corrected chi connectivity index (χ1v) is 10.3. The second kappa shape index (κ2) is 11.6. The number of rotatable bonds is 8. The maximum atomic E-state index is 13.4. The third-order valence-electron chi connectivity index (χ3n) is 6.22. The Morgan fingerprint density at radius 3 is 2.27 bits per heavy atom. The minimum Gasteiger partial charge on any atom is -0.480 e. The number of carbonyl (C=O) groups excluding carboxylic acids is 4. The molecule has 0 aromatic rings. The third-order valence-corrected chi connectivity index (χ3v) is 6.22. The predicted octanol–water partition coefficient (Wildman–Crippen LogP) is -1.81. The van der Waals surface area contributed by atoms with E-state index in [9.17, 15) is 24.0 Å². The average Bonchev–Trinajstić information content (AvgIpc) is 2.73. The van der Waals surface area contributed by atoms with E-state index in [1.807, 2.05) is 0 Å². The number of hydrogen-bond acceptors (Lipinski definition) is 7. The van der Waals surface area contributed by atoms with Gasteiger partial charge in [-0.2, -0.15) is 4.99 Å². The summed E-state index contributed by atoms with van der Waals surface area (Å²) in [7, 11) is 0. The highest BCUT2D eigenvalue weighted by molar-refractivity contribution is 6.12. The van der Waals surface area contributed by atoms with E-state index in [-0.39, 0.29) is 43.3 Å². The number of carboxylic acids is 1. The first-order chi connectivity index (χ1) is 15.0. The van der Waals surface area contributed by atoms with Gasteiger partial charge >= 0.3 is 5.97 Å². The van der Waals surface area contributed by atoms with Gasteiger partial charge in [-0.05, 0) is 44.4 Å². The van der Waals surface area contributed by atoms with Crippen LogP contribution in [0.4, 0.5) is 0 Å². The standard InChI is InChI=1S/C19H29N7O6.ClH/c1-19(16(20)31)17(32)25(9-13(28)29)6-7-26(19)15(30)14(24-10-27)12-4-2-11(3-5-12)8-23-18(21)22;/h11-12,14H,2-9H2,1H3,(H2,20,31)(H,28,29)(H4,21,22,23);1H/t11?,12?,14?,19-;/m0./s1. The largest absolute Gasteiger partial charge is 0.480 e. The molecule has 2 aliphatic rings. The summed E-state index contributed by atoms with van der Waals surface area (Å²) in [5.41, 5.74) is 14.1. The normalized spacial score (nSPS) is 25.8. The van der Waals surface area contributed by atoms with Gasteiger partial charge in [-0.1, -0.05) is 0 Å². The van der Waals surface area contributed by atoms with Crippen molar-refractivity contribution in [3.63, 3.8) is 0 Å². The molecule has 1 saturated carbocycles. The lowest BCUT2D eigenvalue weighted by molar-refractivity contribution is -0.168. The second-order valence-electron chi connectivity index (χ2n) is 8.26. The van der Waals surface area contributed by atoms with Gasteiger partial charge in [0.05, 0.1) is 0 Å². The Kier molecular flexibility index (Phi) is 9.80. The van der Waals surface area contributed by atoms with Crippen molar-refractivity contribution in [3.05, 3.63) is 0 Å². The average molecular weight is 488 g/mol. The first kappa shape index (κ1) is 27.9. The first-order valence-electron chi connectivity index (χ1n) is 10.3. The highest BCUT2D eigenvalue weighted by atomic mass is 35.5. The van der Waals surface area contributed by atoms with Gasteiger partial charge in [0.1, 0.15) is 12.6 Å². The number of primary amides is 1. The quantitative estimate of drug-likeness (QED) is 0.132. The van der Waals surface area contributed by atoms with Crippen LogP contribution in [-0.2, 0) is 24.0 Å². The molecule has 0 radical (unpaired) electrons. The van der Waals surface area contributed by atoms with Crippen LogP contribution in [0, 0.1) is 11.8 Å². The lowest BCUT2D eigenvalue weighted by atomic mass is 9.77. The summed E-state index contributed by atoms with van der Waals surface area (Å²) in [5.74, 6) is -4.01. The molecule has 1 aliphatic carbocycles. The smallest absolute Gasteiger partial charge is 0.323 e. The molecule has 14 heteroatoms. The van der Waals surface area contributed by atoms with E-state index in [2.05, 4.69) is 9.98 Å². The van der Waals surface area contributed by atoms with Gasteiger partial charge in [0.15, 0.2) is 11.5 Å². The van der Waals surface area contributed by atoms with Crippen molar-refractivity contribution in [2.45, 2.75) is 44.2 Å². The second-order valence-corrected chi connectivity index (χ2v) is 8.26. The van der Waals surface area contributed by atoms with Crippen LogP contribution in [0.5, 0.6) is 0 Å². The van der Waals surface area contributed by atoms with Gasteiger partial charge in [0, 0.05) is 19.6 Å². The fourth-order valence-electron chi connectivity index (χ4n) is 4.35. The molecule has 3 amide bonds. The molecule has 0 aromatic heterocycles. The topological polar surface area (TPSA) is 215 Å². The fraction of sp³-hybridized carbons (Fsp3) is 0.684. The van der Waals surface area contributed by atoms with Crippen molar-refractivity contribution in [2.75, 3.05) is 26.2 Å². The van der Waals surface area contributed by atoms with Crippen LogP contribution in [-0.4, -0.2) is 88.4 Å². The van der Waals surface area contributed by atoms with E-state index in [0.29, 0.717) is 32.2 Å². The van der Waals surface area contributed by atoms with Gasteiger partial charge in [-0.15, -0.1) is 12.4 Å². The molecular formula is C19H30ClN7O6. The summed E-state index contributed by atoms with van der Waals surface area (Å²) in [6.45, 7) is 0.797. The fourth-order valence-corrected chi connectivity index (χ4v) is 4.35. The number of isocyanates is 1. The molecule has 0 spiro atoms. The van der Waals surface area contributed by atoms with Crippen LogP contribution in [0.2, 0.25) is 0 Å². The molecule has 2 rings (SSSR count). The number of hydrogen-bond donors (Lipinski definition) is 4. The van der Waals surface area contributed by atoms with Crippen LogP contribution in [0.1, 0.15) is 32.6 Å². The Morgan fingerprint density at radius 1 is 1.18 bits per heavy atom. The SMILES string of the molecule is C[C@]1(C(N)=O)C(=O)N(CC(=O)O)CCN1C(=O)C(N=C=O)C1CCC(CN=C(N)N)CC1.Cl. The molecule has 0 aromatic carbocycles. The number of carboxylic acid groups (broad SMARTS) is 1. The highest BCUT2D eigenvalue weighted by Crippen LogP contribution is 2.34. The monoisotopic (exact) mass is 487 g/mol. The predicted molar refractivity (Wildman–Crippen MR) is 119 cm³/mol. The van der Waals surface area contributed by atoms with Crippen molar-refractivity contribution in [1.29, 1.82) is 0 Å². The molecule has 1 saturated heterocycles. The van der Waals surface area contributed by atoms with Crippen molar-refractivity contribution in [1.82, 2.24) is 9.80 Å². The third kappa shape index (κ3) is 6.20. The lowest BCUT2D eigenvalue weighted by Crippen LogP contribution is -2.72. The van der Waals surface area contributed by atoms with Gasteiger partial charge < -0.3 is 32.1 Å². The summed E-state index contributed by atoms with van der Waals surface area (Å²) < 4.78 is 0. The van der Waals surface area contributed by atoms with E-state index < -0.39 is 41.8 Å². The minimum absolute atomic E-state index is 0. The Morgan fingerprint density at radius 2 is 1.79 bits per heavy atom. The summed E-state index contributed by atoms with van der Waals surface area (Å²) in [6, 6.07) is -1.13. The molecular weight excluding hydrogens is 458 g/mol. The molecule has 184 valence electrons.